The van der Waals surface area contributed by atoms with E-state index in [4.69, 9.17) is 0 Å². The number of unbranched alkanes of at least 4 members (excludes halogenated alkanes) is 9. The van der Waals surface area contributed by atoms with Crippen LogP contribution in [0.25, 0.3) is 0 Å². The molecule has 2 N–H and O–H groups in total. The molecule has 0 aromatic rings. The van der Waals surface area contributed by atoms with Crippen LogP contribution in [0.4, 0.5) is 0 Å². The zero-order chi connectivity index (χ0) is 25.8. The summed E-state index contributed by atoms with van der Waals surface area (Å²) in [6.07, 6.45) is 18.9. The molecule has 36 heavy (non-hydrogen) atoms. The first-order valence-corrected chi connectivity index (χ1v) is 15.6. The number of hydrogen-bond acceptors (Lipinski definition) is 4. The predicted molar refractivity (Wildman–Crippen MR) is 151 cm³/mol. The molecule has 2 aliphatic rings. The normalized spacial score (nSPS) is 18.4. The third kappa shape index (κ3) is 13.4. The van der Waals surface area contributed by atoms with Gasteiger partial charge < -0.3 is 20.4 Å². The van der Waals surface area contributed by atoms with Crippen molar-refractivity contribution in [2.45, 2.75) is 117 Å². The Morgan fingerprint density at radius 3 is 1.28 bits per heavy atom. The van der Waals surface area contributed by atoms with Gasteiger partial charge in [0, 0.05) is 24.9 Å². The van der Waals surface area contributed by atoms with Gasteiger partial charge in [-0.3, -0.25) is 9.59 Å². The SMILES string of the molecule is CCCCCCN1CCC(C(=O)NCCCCCCNC(=O)C2CCN(CCCCCC)CC2)CC1. The number of rotatable bonds is 19. The van der Waals surface area contributed by atoms with Crippen molar-refractivity contribution in [3.63, 3.8) is 0 Å². The summed E-state index contributed by atoms with van der Waals surface area (Å²) in [7, 11) is 0. The van der Waals surface area contributed by atoms with Gasteiger partial charge in [0.1, 0.15) is 0 Å². The van der Waals surface area contributed by atoms with Crippen LogP contribution in [0.3, 0.4) is 0 Å². The lowest BCUT2D eigenvalue weighted by Crippen LogP contribution is -2.41. The van der Waals surface area contributed by atoms with E-state index >= 15 is 0 Å². The molecule has 0 aromatic heterocycles. The van der Waals surface area contributed by atoms with E-state index in [0.29, 0.717) is 0 Å². The highest BCUT2D eigenvalue weighted by Crippen LogP contribution is 2.19. The Balaban J connectivity index is 1.39. The van der Waals surface area contributed by atoms with E-state index in [9.17, 15) is 9.59 Å². The average Bonchev–Trinajstić information content (AvgIpc) is 2.91. The maximum absolute atomic E-state index is 12.5. The fourth-order valence-electron chi connectivity index (χ4n) is 5.68. The average molecular weight is 507 g/mol. The Hall–Kier alpha value is -1.14. The van der Waals surface area contributed by atoms with E-state index in [0.717, 1.165) is 90.6 Å². The van der Waals surface area contributed by atoms with Gasteiger partial charge in [0.05, 0.1) is 0 Å². The van der Waals surface area contributed by atoms with Gasteiger partial charge in [-0.1, -0.05) is 65.2 Å². The number of piperidine rings is 2. The van der Waals surface area contributed by atoms with Gasteiger partial charge in [-0.15, -0.1) is 0 Å². The van der Waals surface area contributed by atoms with E-state index in [1.807, 2.05) is 0 Å². The van der Waals surface area contributed by atoms with Gasteiger partial charge in [0.25, 0.3) is 0 Å². The van der Waals surface area contributed by atoms with Crippen LogP contribution in [0.5, 0.6) is 0 Å². The number of hydrogen-bond donors (Lipinski definition) is 2. The fourth-order valence-corrected chi connectivity index (χ4v) is 5.68. The molecule has 0 atom stereocenters. The molecule has 2 heterocycles. The Labute approximate surface area is 222 Å². The first-order chi connectivity index (χ1) is 17.6. The van der Waals surface area contributed by atoms with Gasteiger partial charge in [0.15, 0.2) is 0 Å². The Kier molecular flexibility index (Phi) is 17.2. The lowest BCUT2D eigenvalue weighted by molar-refractivity contribution is -0.127. The number of carbonyl (C=O) groups is 2. The molecular weight excluding hydrogens is 448 g/mol. The van der Waals surface area contributed by atoms with Crippen molar-refractivity contribution < 1.29 is 9.59 Å². The summed E-state index contributed by atoms with van der Waals surface area (Å²) in [5.41, 5.74) is 0. The molecule has 2 fully saturated rings. The summed E-state index contributed by atoms with van der Waals surface area (Å²) in [5.74, 6) is 0.944. The van der Waals surface area contributed by atoms with Gasteiger partial charge >= 0.3 is 0 Å². The Morgan fingerprint density at radius 1 is 0.556 bits per heavy atom. The topological polar surface area (TPSA) is 64.7 Å². The van der Waals surface area contributed by atoms with Crippen molar-refractivity contribution in [3.8, 4) is 0 Å². The summed E-state index contributed by atoms with van der Waals surface area (Å²) in [4.78, 5) is 30.0. The molecule has 0 bridgehead atoms. The number of nitrogens with zero attached hydrogens (tertiary/aromatic N) is 2. The first-order valence-electron chi connectivity index (χ1n) is 15.6. The Morgan fingerprint density at radius 2 is 0.917 bits per heavy atom. The van der Waals surface area contributed by atoms with E-state index in [1.165, 1.54) is 64.5 Å². The monoisotopic (exact) mass is 506 g/mol. The third-order valence-corrected chi connectivity index (χ3v) is 8.27. The first kappa shape index (κ1) is 31.1. The number of amides is 2. The quantitative estimate of drug-likeness (QED) is 0.231. The van der Waals surface area contributed by atoms with Gasteiger partial charge in [-0.05, 0) is 90.6 Å². The van der Waals surface area contributed by atoms with Gasteiger partial charge in [-0.25, -0.2) is 0 Å². The molecule has 2 amide bonds. The molecule has 6 nitrogen and oxygen atoms in total. The van der Waals surface area contributed by atoms with Crippen LogP contribution in [-0.4, -0.2) is 74.0 Å². The highest BCUT2D eigenvalue weighted by molar-refractivity contribution is 5.79. The largest absolute Gasteiger partial charge is 0.356 e. The van der Waals surface area contributed by atoms with Crippen molar-refractivity contribution in [1.29, 1.82) is 0 Å². The van der Waals surface area contributed by atoms with E-state index in [2.05, 4.69) is 34.3 Å². The minimum absolute atomic E-state index is 0.208. The summed E-state index contributed by atoms with van der Waals surface area (Å²) >= 11 is 0. The zero-order valence-corrected chi connectivity index (χ0v) is 23.8. The van der Waals surface area contributed by atoms with E-state index < -0.39 is 0 Å². The lowest BCUT2D eigenvalue weighted by atomic mass is 9.95. The molecule has 2 saturated heterocycles. The van der Waals surface area contributed by atoms with E-state index in [1.54, 1.807) is 0 Å². The van der Waals surface area contributed by atoms with Crippen LogP contribution in [-0.2, 0) is 9.59 Å². The maximum atomic E-state index is 12.5. The smallest absolute Gasteiger partial charge is 0.223 e. The molecule has 0 unspecified atom stereocenters. The molecule has 0 aliphatic carbocycles. The minimum atomic E-state index is 0.208. The van der Waals surface area contributed by atoms with Crippen LogP contribution in [0.2, 0.25) is 0 Å². The number of likely N-dealkylation sites (tertiary alicyclic amines) is 2. The van der Waals surface area contributed by atoms with Crippen molar-refractivity contribution in [3.05, 3.63) is 0 Å². The second-order valence-electron chi connectivity index (χ2n) is 11.3. The predicted octanol–water partition coefficient (Wildman–Crippen LogP) is 5.36. The summed E-state index contributed by atoms with van der Waals surface area (Å²) in [6, 6.07) is 0. The van der Waals surface area contributed by atoms with Crippen molar-refractivity contribution in [1.82, 2.24) is 20.4 Å². The zero-order valence-electron chi connectivity index (χ0n) is 23.8. The second kappa shape index (κ2) is 19.9. The van der Waals surface area contributed by atoms with Crippen molar-refractivity contribution in [2.75, 3.05) is 52.4 Å². The molecule has 0 aromatic carbocycles. The summed E-state index contributed by atoms with van der Waals surface area (Å²) in [6.45, 7) is 12.8. The fraction of sp³-hybridized carbons (Fsp3) is 0.933. The van der Waals surface area contributed by atoms with Crippen LogP contribution < -0.4 is 10.6 Å². The molecule has 2 rings (SSSR count). The van der Waals surface area contributed by atoms with Crippen LogP contribution in [0.15, 0.2) is 0 Å². The van der Waals surface area contributed by atoms with Crippen LogP contribution >= 0.6 is 0 Å². The minimum Gasteiger partial charge on any atom is -0.356 e. The van der Waals surface area contributed by atoms with Crippen LogP contribution in [0.1, 0.15) is 117 Å². The standard InChI is InChI=1S/C30H58N4O2/c1-3-5-7-13-21-33-23-15-27(16-24-33)29(35)31-19-11-9-10-12-20-32-30(36)28-17-25-34(26-18-28)22-14-8-6-4-2/h27-28H,3-26H2,1-2H3,(H,31,35)(H,32,36). The highest BCUT2D eigenvalue weighted by atomic mass is 16.2. The summed E-state index contributed by atoms with van der Waals surface area (Å²) in [5, 5.41) is 6.34. The molecule has 0 spiro atoms. The van der Waals surface area contributed by atoms with Crippen LogP contribution in [0, 0.1) is 11.8 Å². The molecule has 0 radical (unpaired) electrons. The summed E-state index contributed by atoms with van der Waals surface area (Å²) < 4.78 is 0. The lowest BCUT2D eigenvalue weighted by Gasteiger charge is -2.31. The molecule has 6 heteroatoms. The Bertz CT molecular complexity index is 519. The molecule has 210 valence electrons. The van der Waals surface area contributed by atoms with Gasteiger partial charge in [-0.2, -0.15) is 0 Å². The van der Waals surface area contributed by atoms with E-state index in [-0.39, 0.29) is 23.7 Å². The molecular formula is C30H58N4O2. The maximum Gasteiger partial charge on any atom is 0.223 e. The van der Waals surface area contributed by atoms with Gasteiger partial charge in [0.2, 0.25) is 11.8 Å². The number of nitrogens with one attached hydrogen (secondary N) is 2. The second-order valence-corrected chi connectivity index (χ2v) is 11.3. The van der Waals surface area contributed by atoms with Crippen molar-refractivity contribution in [2.24, 2.45) is 11.8 Å². The van der Waals surface area contributed by atoms with Crippen molar-refractivity contribution >= 4 is 11.8 Å². The highest BCUT2D eigenvalue weighted by Gasteiger charge is 2.25. The molecule has 0 saturated carbocycles. The third-order valence-electron chi connectivity index (χ3n) is 8.27. The molecule has 2 aliphatic heterocycles. The number of carbonyl (C=O) groups excluding carboxylic acids is 2.